The fourth-order valence-electron chi connectivity index (χ4n) is 3.88. The number of aromatic nitrogens is 4. The zero-order valence-corrected chi connectivity index (χ0v) is 16.9. The quantitative estimate of drug-likeness (QED) is 0.872. The first-order valence-electron chi connectivity index (χ1n) is 10.2. The third-order valence-corrected chi connectivity index (χ3v) is 5.56. The number of nitrogens with one attached hydrogen (secondary N) is 1. The maximum Gasteiger partial charge on any atom is 0.278 e. The Morgan fingerprint density at radius 2 is 2.00 bits per heavy atom. The molecule has 2 aromatic rings. The van der Waals surface area contributed by atoms with Crippen molar-refractivity contribution >= 4 is 17.0 Å². The van der Waals surface area contributed by atoms with E-state index in [1.165, 1.54) is 19.3 Å². The first-order chi connectivity index (χ1) is 12.8. The Labute approximate surface area is 160 Å². The van der Waals surface area contributed by atoms with Gasteiger partial charge >= 0.3 is 0 Å². The van der Waals surface area contributed by atoms with Gasteiger partial charge in [-0.3, -0.25) is 14.5 Å². The molecule has 2 aromatic heterocycles. The Balaban J connectivity index is 1.73. The van der Waals surface area contributed by atoms with Crippen LogP contribution in [0.4, 0.5) is 5.95 Å². The molecule has 3 heterocycles. The lowest BCUT2D eigenvalue weighted by Crippen LogP contribution is -2.39. The van der Waals surface area contributed by atoms with Crippen LogP contribution in [0.1, 0.15) is 58.6 Å². The molecule has 27 heavy (non-hydrogen) atoms. The summed E-state index contributed by atoms with van der Waals surface area (Å²) in [5, 5.41) is 4.60. The molecule has 0 amide bonds. The smallest absolute Gasteiger partial charge is 0.278 e. The number of rotatable bonds is 5. The van der Waals surface area contributed by atoms with Gasteiger partial charge in [0.2, 0.25) is 5.95 Å². The van der Waals surface area contributed by atoms with Crippen LogP contribution in [-0.4, -0.2) is 45.5 Å². The number of hydrogen-bond acceptors (Lipinski definition) is 5. The standard InChI is InChI=1S/C20H31N5O2/c1-20(2,3)17-15-16(24(4)23-17)18(26)22-19(21-15)25(11-13-8-9-13)12-14-7-5-6-10-27-14/h13-14H,5-12H2,1-4H3,(H,21,22,26). The molecule has 2 fully saturated rings. The summed E-state index contributed by atoms with van der Waals surface area (Å²) in [4.78, 5) is 23.0. The van der Waals surface area contributed by atoms with E-state index in [-0.39, 0.29) is 17.1 Å². The van der Waals surface area contributed by atoms with Crippen molar-refractivity contribution in [1.82, 2.24) is 19.7 Å². The van der Waals surface area contributed by atoms with Crippen LogP contribution in [0, 0.1) is 5.92 Å². The Morgan fingerprint density at radius 1 is 1.22 bits per heavy atom. The predicted octanol–water partition coefficient (Wildman–Crippen LogP) is 2.74. The van der Waals surface area contributed by atoms with Gasteiger partial charge in [-0.1, -0.05) is 20.8 Å². The second-order valence-electron chi connectivity index (χ2n) is 9.15. The fourth-order valence-corrected chi connectivity index (χ4v) is 3.88. The number of aromatic amines is 1. The molecule has 2 aliphatic rings. The lowest BCUT2D eigenvalue weighted by atomic mass is 9.91. The van der Waals surface area contributed by atoms with Gasteiger partial charge in [0.05, 0.1) is 11.8 Å². The van der Waals surface area contributed by atoms with Gasteiger partial charge in [-0.05, 0) is 38.0 Å². The molecule has 0 spiro atoms. The van der Waals surface area contributed by atoms with Gasteiger partial charge in [-0.2, -0.15) is 5.10 Å². The zero-order chi connectivity index (χ0) is 19.2. The highest BCUT2D eigenvalue weighted by Gasteiger charge is 2.30. The molecule has 0 aromatic carbocycles. The van der Waals surface area contributed by atoms with Crippen LogP contribution >= 0.6 is 0 Å². The SMILES string of the molecule is Cn1nc(C(C)(C)C)c2nc(N(CC3CC3)CC3CCCCO3)[nH]c(=O)c21. The summed E-state index contributed by atoms with van der Waals surface area (Å²) in [5.41, 5.74) is 1.84. The second kappa shape index (κ2) is 6.93. The molecular formula is C20H31N5O2. The summed E-state index contributed by atoms with van der Waals surface area (Å²) < 4.78 is 7.61. The minimum Gasteiger partial charge on any atom is -0.376 e. The van der Waals surface area contributed by atoms with E-state index in [1.54, 1.807) is 4.68 Å². The average molecular weight is 374 g/mol. The number of ether oxygens (including phenoxy) is 1. The summed E-state index contributed by atoms with van der Waals surface area (Å²) >= 11 is 0. The lowest BCUT2D eigenvalue weighted by Gasteiger charge is -2.30. The fraction of sp³-hybridized carbons (Fsp3) is 0.750. The van der Waals surface area contributed by atoms with E-state index >= 15 is 0 Å². The molecule has 1 aliphatic heterocycles. The minimum absolute atomic E-state index is 0.120. The Bertz CT molecular complexity index is 869. The predicted molar refractivity (Wildman–Crippen MR) is 106 cm³/mol. The molecule has 1 atom stereocenters. The number of hydrogen-bond donors (Lipinski definition) is 1. The number of aryl methyl sites for hydroxylation is 1. The molecule has 1 unspecified atom stereocenters. The summed E-state index contributed by atoms with van der Waals surface area (Å²) in [6.07, 6.45) is 6.17. The van der Waals surface area contributed by atoms with Gasteiger partial charge in [0.1, 0.15) is 5.52 Å². The molecule has 4 rings (SSSR count). The summed E-state index contributed by atoms with van der Waals surface area (Å²) in [6.45, 7) is 8.87. The molecule has 1 N–H and O–H groups in total. The van der Waals surface area contributed by atoms with E-state index in [9.17, 15) is 4.79 Å². The number of anilines is 1. The summed E-state index contributed by atoms with van der Waals surface area (Å²) in [7, 11) is 1.81. The van der Waals surface area contributed by atoms with Crippen molar-refractivity contribution in [3.63, 3.8) is 0 Å². The Hall–Kier alpha value is -1.89. The van der Waals surface area contributed by atoms with E-state index < -0.39 is 0 Å². The normalized spacial score (nSPS) is 21.0. The molecule has 1 saturated carbocycles. The molecule has 1 saturated heterocycles. The third-order valence-electron chi connectivity index (χ3n) is 5.56. The van der Waals surface area contributed by atoms with Gasteiger partial charge < -0.3 is 9.64 Å². The number of H-pyrrole nitrogens is 1. The van der Waals surface area contributed by atoms with E-state index in [0.717, 1.165) is 38.2 Å². The molecule has 7 heteroatoms. The van der Waals surface area contributed by atoms with Crippen molar-refractivity contribution < 1.29 is 4.74 Å². The first-order valence-corrected chi connectivity index (χ1v) is 10.2. The molecule has 148 valence electrons. The van der Waals surface area contributed by atoms with Gasteiger partial charge in [0.15, 0.2) is 5.52 Å². The van der Waals surface area contributed by atoms with E-state index in [1.807, 2.05) is 7.05 Å². The maximum atomic E-state index is 12.8. The van der Waals surface area contributed by atoms with Crippen molar-refractivity contribution in [2.45, 2.75) is 64.4 Å². The zero-order valence-electron chi connectivity index (χ0n) is 16.9. The van der Waals surface area contributed by atoms with Crippen molar-refractivity contribution in [1.29, 1.82) is 0 Å². The Kier molecular flexibility index (Phi) is 4.74. The largest absolute Gasteiger partial charge is 0.376 e. The summed E-state index contributed by atoms with van der Waals surface area (Å²) in [6, 6.07) is 0. The van der Waals surface area contributed by atoms with E-state index in [4.69, 9.17) is 9.72 Å². The van der Waals surface area contributed by atoms with Crippen molar-refractivity contribution in [3.05, 3.63) is 16.0 Å². The molecule has 7 nitrogen and oxygen atoms in total. The third kappa shape index (κ3) is 3.88. The van der Waals surface area contributed by atoms with Crippen molar-refractivity contribution in [2.75, 3.05) is 24.6 Å². The highest BCUT2D eigenvalue weighted by molar-refractivity contribution is 5.78. The monoisotopic (exact) mass is 373 g/mol. The average Bonchev–Trinajstić information content (AvgIpc) is 3.35. The van der Waals surface area contributed by atoms with Crippen LogP contribution in [0.25, 0.3) is 11.0 Å². The minimum atomic E-state index is -0.175. The van der Waals surface area contributed by atoms with Crippen LogP contribution in [0.3, 0.4) is 0 Å². The van der Waals surface area contributed by atoms with Crippen LogP contribution in [0.2, 0.25) is 0 Å². The van der Waals surface area contributed by atoms with Gasteiger partial charge in [0.25, 0.3) is 5.56 Å². The van der Waals surface area contributed by atoms with Gasteiger partial charge in [0, 0.05) is 32.2 Å². The van der Waals surface area contributed by atoms with Gasteiger partial charge in [-0.15, -0.1) is 0 Å². The highest BCUT2D eigenvalue weighted by atomic mass is 16.5. The van der Waals surface area contributed by atoms with Crippen LogP contribution < -0.4 is 10.5 Å². The Morgan fingerprint density at radius 3 is 2.63 bits per heavy atom. The molecule has 1 aliphatic carbocycles. The highest BCUT2D eigenvalue weighted by Crippen LogP contribution is 2.32. The second-order valence-corrected chi connectivity index (χ2v) is 9.15. The number of nitrogens with zero attached hydrogens (tertiary/aromatic N) is 4. The molecule has 0 bridgehead atoms. The topological polar surface area (TPSA) is 76.0 Å². The van der Waals surface area contributed by atoms with Crippen molar-refractivity contribution in [3.8, 4) is 0 Å². The van der Waals surface area contributed by atoms with Gasteiger partial charge in [-0.25, -0.2) is 4.98 Å². The van der Waals surface area contributed by atoms with Crippen LogP contribution in [0.5, 0.6) is 0 Å². The lowest BCUT2D eigenvalue weighted by molar-refractivity contribution is 0.0207. The van der Waals surface area contributed by atoms with Crippen molar-refractivity contribution in [2.24, 2.45) is 13.0 Å². The number of fused-ring (bicyclic) bond motifs is 1. The van der Waals surface area contributed by atoms with Crippen LogP contribution in [0.15, 0.2) is 4.79 Å². The first kappa shape index (κ1) is 18.5. The van der Waals surface area contributed by atoms with E-state index in [2.05, 4.69) is 35.8 Å². The van der Waals surface area contributed by atoms with Crippen LogP contribution in [-0.2, 0) is 17.2 Å². The maximum absolute atomic E-state index is 12.8. The summed E-state index contributed by atoms with van der Waals surface area (Å²) in [5.74, 6) is 1.36. The van der Waals surface area contributed by atoms with E-state index in [0.29, 0.717) is 22.9 Å². The molecular weight excluding hydrogens is 342 g/mol. The molecule has 0 radical (unpaired) electrons.